The van der Waals surface area contributed by atoms with Crippen LogP contribution in [0, 0.1) is 13.8 Å². The number of aromatic nitrogens is 1. The fraction of sp³-hybridized carbons (Fsp3) is 0.222. The molecule has 0 aliphatic heterocycles. The van der Waals surface area contributed by atoms with Crippen molar-refractivity contribution in [3.63, 3.8) is 0 Å². The molecule has 0 amide bonds. The normalized spacial score (nSPS) is 12.9. The highest BCUT2D eigenvalue weighted by atomic mass is 32.1. The van der Waals surface area contributed by atoms with Gasteiger partial charge >= 0.3 is 0 Å². The second-order valence-electron chi connectivity index (χ2n) is 5.40. The molecular weight excluding hydrogens is 322 g/mol. The van der Waals surface area contributed by atoms with Gasteiger partial charge in [-0.3, -0.25) is 4.99 Å². The number of nitrogens with zero attached hydrogens (tertiary/aromatic N) is 3. The lowest BCUT2D eigenvalue weighted by atomic mass is 10.1. The zero-order valence-electron chi connectivity index (χ0n) is 13.7. The van der Waals surface area contributed by atoms with Crippen molar-refractivity contribution in [2.45, 2.75) is 20.8 Å². The molecule has 3 rings (SSSR count). The number of hydrogen-bond acceptors (Lipinski definition) is 4. The van der Waals surface area contributed by atoms with Crippen molar-refractivity contribution in [1.82, 2.24) is 4.68 Å². The molecule has 0 bridgehead atoms. The van der Waals surface area contributed by atoms with Gasteiger partial charge in [0.05, 0.1) is 16.3 Å². The van der Waals surface area contributed by atoms with Gasteiger partial charge in [0.1, 0.15) is 0 Å². The number of rotatable bonds is 3. The van der Waals surface area contributed by atoms with Crippen LogP contribution in [0.5, 0.6) is 0 Å². The molecule has 0 N–H and O–H groups in total. The Balaban J connectivity index is 2.15. The van der Waals surface area contributed by atoms with Crippen LogP contribution in [0.25, 0.3) is 11.3 Å². The predicted octanol–water partition coefficient (Wildman–Crippen LogP) is 4.70. The molecule has 0 spiro atoms. The van der Waals surface area contributed by atoms with E-state index < -0.39 is 0 Å². The standard InChI is InChI=1S/C18H19N3S2/c1-12-7-8-15(10-13(12)2)16-11-23-18(19-4)21(16)20-14(3)17-6-5-9-22-17/h5-11H,1-4H3. The van der Waals surface area contributed by atoms with Crippen molar-refractivity contribution in [3.8, 4) is 11.3 Å². The van der Waals surface area contributed by atoms with Crippen LogP contribution in [-0.4, -0.2) is 17.4 Å². The molecule has 2 heterocycles. The summed E-state index contributed by atoms with van der Waals surface area (Å²) in [7, 11) is 1.81. The molecular formula is C18H19N3S2. The molecule has 0 saturated carbocycles. The third-order valence-corrected chi connectivity index (χ3v) is 5.69. The summed E-state index contributed by atoms with van der Waals surface area (Å²) in [5.41, 5.74) is 5.83. The first-order valence-electron chi connectivity index (χ1n) is 7.40. The van der Waals surface area contributed by atoms with Gasteiger partial charge in [-0.2, -0.15) is 5.10 Å². The summed E-state index contributed by atoms with van der Waals surface area (Å²) in [6.07, 6.45) is 0. The van der Waals surface area contributed by atoms with Crippen LogP contribution < -0.4 is 4.80 Å². The van der Waals surface area contributed by atoms with Crippen molar-refractivity contribution in [1.29, 1.82) is 0 Å². The van der Waals surface area contributed by atoms with E-state index in [0.29, 0.717) is 0 Å². The Morgan fingerprint density at radius 1 is 1.09 bits per heavy atom. The molecule has 0 fully saturated rings. The van der Waals surface area contributed by atoms with Gasteiger partial charge < -0.3 is 0 Å². The van der Waals surface area contributed by atoms with Crippen LogP contribution in [0.3, 0.4) is 0 Å². The number of thiophene rings is 1. The van der Waals surface area contributed by atoms with Crippen molar-refractivity contribution < 1.29 is 0 Å². The summed E-state index contributed by atoms with van der Waals surface area (Å²) in [6.45, 7) is 6.31. The largest absolute Gasteiger partial charge is 0.261 e. The molecule has 0 radical (unpaired) electrons. The van der Waals surface area contributed by atoms with Crippen LogP contribution in [0.15, 0.2) is 51.2 Å². The molecule has 0 atom stereocenters. The maximum Gasteiger partial charge on any atom is 0.205 e. The van der Waals surface area contributed by atoms with Crippen LogP contribution in [0.4, 0.5) is 0 Å². The van der Waals surface area contributed by atoms with E-state index in [4.69, 9.17) is 5.10 Å². The monoisotopic (exact) mass is 341 g/mol. The molecule has 0 aliphatic rings. The summed E-state index contributed by atoms with van der Waals surface area (Å²) in [6, 6.07) is 10.7. The van der Waals surface area contributed by atoms with E-state index in [1.807, 2.05) is 24.7 Å². The first-order valence-corrected chi connectivity index (χ1v) is 9.16. The van der Waals surface area contributed by atoms with Crippen molar-refractivity contribution in [2.24, 2.45) is 10.1 Å². The maximum absolute atomic E-state index is 4.82. The number of hydrogen-bond donors (Lipinski definition) is 0. The Morgan fingerprint density at radius 2 is 1.91 bits per heavy atom. The van der Waals surface area contributed by atoms with Gasteiger partial charge in [-0.25, -0.2) is 4.68 Å². The van der Waals surface area contributed by atoms with Gasteiger partial charge in [-0.1, -0.05) is 18.2 Å². The van der Waals surface area contributed by atoms with Crippen molar-refractivity contribution in [2.75, 3.05) is 7.05 Å². The first kappa shape index (κ1) is 15.9. The summed E-state index contributed by atoms with van der Waals surface area (Å²) in [5, 5.41) is 9.02. The Morgan fingerprint density at radius 3 is 2.57 bits per heavy atom. The SMILES string of the molecule is CN=c1scc(-c2ccc(C)c(C)c2)n1N=C(C)c1cccs1. The Hall–Kier alpha value is -1.98. The summed E-state index contributed by atoms with van der Waals surface area (Å²) >= 11 is 3.31. The van der Waals surface area contributed by atoms with E-state index in [-0.39, 0.29) is 0 Å². The molecule has 3 nitrogen and oxygen atoms in total. The topological polar surface area (TPSA) is 29.6 Å². The average Bonchev–Trinajstić information content (AvgIpc) is 3.19. The van der Waals surface area contributed by atoms with Gasteiger partial charge in [0.15, 0.2) is 0 Å². The zero-order valence-corrected chi connectivity index (χ0v) is 15.3. The van der Waals surface area contributed by atoms with Crippen molar-refractivity contribution in [3.05, 3.63) is 61.9 Å². The van der Waals surface area contributed by atoms with E-state index in [0.717, 1.165) is 16.2 Å². The molecule has 3 aromatic rings. The zero-order chi connectivity index (χ0) is 16.4. The predicted molar refractivity (Wildman–Crippen MR) is 101 cm³/mol. The molecule has 5 heteroatoms. The summed E-state index contributed by atoms with van der Waals surface area (Å²) in [5.74, 6) is 0. The Kier molecular flexibility index (Phi) is 4.59. The Bertz CT molecular complexity index is 912. The molecule has 0 unspecified atom stereocenters. The fourth-order valence-electron chi connectivity index (χ4n) is 2.33. The smallest absolute Gasteiger partial charge is 0.205 e. The van der Waals surface area contributed by atoms with E-state index in [2.05, 4.69) is 53.9 Å². The van der Waals surface area contributed by atoms with E-state index >= 15 is 0 Å². The van der Waals surface area contributed by atoms with Gasteiger partial charge in [0.2, 0.25) is 4.80 Å². The van der Waals surface area contributed by atoms with Gasteiger partial charge in [0, 0.05) is 18.0 Å². The number of benzene rings is 1. The highest BCUT2D eigenvalue weighted by Gasteiger charge is 2.09. The van der Waals surface area contributed by atoms with Crippen LogP contribution in [-0.2, 0) is 0 Å². The van der Waals surface area contributed by atoms with Crippen LogP contribution >= 0.6 is 22.7 Å². The van der Waals surface area contributed by atoms with Crippen LogP contribution in [0.2, 0.25) is 0 Å². The Labute approximate surface area is 144 Å². The van der Waals surface area contributed by atoms with Crippen molar-refractivity contribution >= 4 is 28.4 Å². The number of aryl methyl sites for hydroxylation is 2. The molecule has 0 saturated heterocycles. The molecule has 23 heavy (non-hydrogen) atoms. The average molecular weight is 342 g/mol. The van der Waals surface area contributed by atoms with Gasteiger partial charge in [-0.05, 0) is 49.4 Å². The minimum atomic E-state index is 0.897. The molecule has 1 aromatic carbocycles. The highest BCUT2D eigenvalue weighted by molar-refractivity contribution is 7.12. The first-order chi connectivity index (χ1) is 11.1. The second-order valence-corrected chi connectivity index (χ2v) is 7.18. The molecule has 0 aliphatic carbocycles. The van der Waals surface area contributed by atoms with Gasteiger partial charge in [-0.15, -0.1) is 22.7 Å². The lowest BCUT2D eigenvalue weighted by Gasteiger charge is -2.07. The lowest BCUT2D eigenvalue weighted by molar-refractivity contribution is 0.842. The van der Waals surface area contributed by atoms with E-state index in [9.17, 15) is 0 Å². The lowest BCUT2D eigenvalue weighted by Crippen LogP contribution is -2.13. The second kappa shape index (κ2) is 6.64. The quantitative estimate of drug-likeness (QED) is 0.618. The van der Waals surface area contributed by atoms with Gasteiger partial charge in [0.25, 0.3) is 0 Å². The minimum absolute atomic E-state index is 0.897. The number of thiazole rings is 1. The molecule has 118 valence electrons. The summed E-state index contributed by atoms with van der Waals surface area (Å²) in [4.78, 5) is 6.44. The summed E-state index contributed by atoms with van der Waals surface area (Å²) < 4.78 is 1.95. The van der Waals surface area contributed by atoms with E-state index in [1.54, 1.807) is 22.7 Å². The van der Waals surface area contributed by atoms with Crippen LogP contribution in [0.1, 0.15) is 22.9 Å². The third-order valence-electron chi connectivity index (χ3n) is 3.81. The minimum Gasteiger partial charge on any atom is -0.261 e. The molecule has 2 aromatic heterocycles. The third kappa shape index (κ3) is 3.21. The van der Waals surface area contributed by atoms with E-state index in [1.165, 1.54) is 21.6 Å². The highest BCUT2D eigenvalue weighted by Crippen LogP contribution is 2.23. The fourth-order valence-corrected chi connectivity index (χ4v) is 3.80. The maximum atomic E-state index is 4.82.